The number of halogens is 4. The molecule has 1 aromatic carbocycles. The fraction of sp³-hybridized carbons (Fsp3) is 0.647. The molecule has 2 saturated heterocycles. The highest BCUT2D eigenvalue weighted by Crippen LogP contribution is 2.38. The summed E-state index contributed by atoms with van der Waals surface area (Å²) in [4.78, 5) is 0. The third-order valence-electron chi connectivity index (χ3n) is 4.46. The van der Waals surface area contributed by atoms with Crippen LogP contribution in [-0.2, 0) is 6.18 Å². The second kappa shape index (κ2) is 7.83. The van der Waals surface area contributed by atoms with Crippen molar-refractivity contribution in [3.63, 3.8) is 0 Å². The smallest absolute Gasteiger partial charge is 0.416 e. The number of fused-ring (bicyclic) bond motifs is 2. The molecule has 2 heterocycles. The van der Waals surface area contributed by atoms with Gasteiger partial charge in [0.1, 0.15) is 6.10 Å². The molecule has 2 fully saturated rings. The molecule has 3 rings (SSSR count). The lowest BCUT2D eigenvalue weighted by Crippen LogP contribution is -2.42. The molecule has 2 aliphatic heterocycles. The molecule has 2 bridgehead atoms. The molecular weight excluding hydrogens is 343 g/mol. The van der Waals surface area contributed by atoms with Crippen LogP contribution in [0.2, 0.25) is 0 Å². The maximum absolute atomic E-state index is 12.9. The lowest BCUT2D eigenvalue weighted by atomic mass is 10.0. The molecule has 2 unspecified atom stereocenters. The second-order valence-corrected chi connectivity index (χ2v) is 6.36. The quantitative estimate of drug-likeness (QED) is 0.828. The van der Waals surface area contributed by atoms with E-state index in [1.165, 1.54) is 6.07 Å². The largest absolute Gasteiger partial charge is 0.490 e. The third-order valence-corrected chi connectivity index (χ3v) is 4.46. The molecule has 24 heavy (non-hydrogen) atoms. The molecule has 2 aliphatic rings. The number of rotatable bonds is 5. The van der Waals surface area contributed by atoms with Gasteiger partial charge in [-0.15, -0.1) is 12.4 Å². The van der Waals surface area contributed by atoms with Gasteiger partial charge in [-0.05, 0) is 50.3 Å². The Balaban J connectivity index is 0.00000208. The lowest BCUT2D eigenvalue weighted by molar-refractivity contribution is -0.137. The molecule has 3 nitrogen and oxygen atoms in total. The molecule has 0 aromatic heterocycles. The average molecular weight is 366 g/mol. The van der Waals surface area contributed by atoms with E-state index in [-0.39, 0.29) is 24.3 Å². The average Bonchev–Trinajstić information content (AvgIpc) is 2.84. The van der Waals surface area contributed by atoms with Crippen molar-refractivity contribution in [2.45, 2.75) is 63.4 Å². The Bertz CT molecular complexity index is 541. The van der Waals surface area contributed by atoms with Crippen LogP contribution in [0.4, 0.5) is 13.2 Å². The summed E-state index contributed by atoms with van der Waals surface area (Å²) in [6, 6.07) is 4.42. The topological polar surface area (TPSA) is 30.5 Å². The molecule has 1 aromatic rings. The first-order valence-corrected chi connectivity index (χ1v) is 8.22. The van der Waals surface area contributed by atoms with Gasteiger partial charge in [-0.25, -0.2) is 0 Å². The van der Waals surface area contributed by atoms with Gasteiger partial charge in [0, 0.05) is 12.1 Å². The number of alkyl halides is 3. The summed E-state index contributed by atoms with van der Waals surface area (Å²) in [6.45, 7) is 2.29. The fourth-order valence-corrected chi connectivity index (χ4v) is 3.39. The first kappa shape index (κ1) is 19.2. The van der Waals surface area contributed by atoms with E-state index < -0.39 is 11.7 Å². The molecule has 7 heteroatoms. The van der Waals surface area contributed by atoms with E-state index in [1.807, 2.05) is 6.92 Å². The minimum absolute atomic E-state index is 0. The minimum Gasteiger partial charge on any atom is -0.490 e. The zero-order valence-corrected chi connectivity index (χ0v) is 14.4. The molecule has 0 aliphatic carbocycles. The molecule has 0 radical (unpaired) electrons. The highest BCUT2D eigenvalue weighted by Gasteiger charge is 2.35. The van der Waals surface area contributed by atoms with Crippen LogP contribution in [0.5, 0.6) is 11.5 Å². The van der Waals surface area contributed by atoms with E-state index in [4.69, 9.17) is 9.47 Å². The van der Waals surface area contributed by atoms with E-state index in [0.717, 1.165) is 44.2 Å². The predicted octanol–water partition coefficient (Wildman–Crippen LogP) is 4.58. The number of benzene rings is 1. The maximum atomic E-state index is 12.9. The lowest BCUT2D eigenvalue weighted by Gasteiger charge is -2.30. The Kier molecular flexibility index (Phi) is 6.26. The van der Waals surface area contributed by atoms with E-state index in [9.17, 15) is 13.2 Å². The van der Waals surface area contributed by atoms with Crippen molar-refractivity contribution in [2.24, 2.45) is 0 Å². The fourth-order valence-electron chi connectivity index (χ4n) is 3.39. The van der Waals surface area contributed by atoms with Crippen molar-refractivity contribution < 1.29 is 22.6 Å². The monoisotopic (exact) mass is 365 g/mol. The van der Waals surface area contributed by atoms with E-state index in [0.29, 0.717) is 24.4 Å². The van der Waals surface area contributed by atoms with Crippen LogP contribution in [0.25, 0.3) is 0 Å². The Morgan fingerprint density at radius 3 is 2.38 bits per heavy atom. The van der Waals surface area contributed by atoms with Gasteiger partial charge in [0.2, 0.25) is 0 Å². The van der Waals surface area contributed by atoms with E-state index in [2.05, 4.69) is 5.32 Å². The van der Waals surface area contributed by atoms with Gasteiger partial charge in [0.25, 0.3) is 0 Å². The molecule has 0 amide bonds. The molecule has 0 spiro atoms. The standard InChI is InChI=1S/C17H22F3NO2.ClH/c1-2-7-22-16-8-11(17(18,19)20)3-6-15(16)23-14-9-12-4-5-13(10-14)21-12;/h3,6,8,12-14,21H,2,4-5,7,9-10H2,1H3;1H. The summed E-state index contributed by atoms with van der Waals surface area (Å²) in [5.41, 5.74) is -0.707. The second-order valence-electron chi connectivity index (χ2n) is 6.36. The summed E-state index contributed by atoms with van der Waals surface area (Å²) in [5, 5.41) is 3.52. The van der Waals surface area contributed by atoms with Gasteiger partial charge < -0.3 is 14.8 Å². The van der Waals surface area contributed by atoms with Gasteiger partial charge in [0.05, 0.1) is 12.2 Å². The molecular formula is C17H23ClF3NO2. The number of nitrogens with one attached hydrogen (secondary N) is 1. The van der Waals surface area contributed by atoms with Gasteiger partial charge in [-0.1, -0.05) is 6.92 Å². The van der Waals surface area contributed by atoms with Gasteiger partial charge in [-0.3, -0.25) is 0 Å². The van der Waals surface area contributed by atoms with E-state index >= 15 is 0 Å². The van der Waals surface area contributed by atoms with Crippen molar-refractivity contribution in [1.82, 2.24) is 5.32 Å². The normalized spacial score (nSPS) is 25.9. The van der Waals surface area contributed by atoms with Crippen LogP contribution in [0.15, 0.2) is 18.2 Å². The van der Waals surface area contributed by atoms with Gasteiger partial charge in [-0.2, -0.15) is 13.2 Å². The number of hydrogen-bond acceptors (Lipinski definition) is 3. The van der Waals surface area contributed by atoms with E-state index in [1.54, 1.807) is 0 Å². The number of piperidine rings is 1. The van der Waals surface area contributed by atoms with Crippen LogP contribution in [0, 0.1) is 0 Å². The third kappa shape index (κ3) is 4.48. The Hall–Kier alpha value is -1.14. The predicted molar refractivity (Wildman–Crippen MR) is 88.1 cm³/mol. The first-order valence-electron chi connectivity index (χ1n) is 8.22. The summed E-state index contributed by atoms with van der Waals surface area (Å²) in [6.07, 6.45) is 0.474. The Labute approximate surface area is 146 Å². The van der Waals surface area contributed by atoms with Crippen LogP contribution in [0.1, 0.15) is 44.6 Å². The van der Waals surface area contributed by atoms with Crippen molar-refractivity contribution >= 4 is 12.4 Å². The van der Waals surface area contributed by atoms with Crippen LogP contribution in [0.3, 0.4) is 0 Å². The van der Waals surface area contributed by atoms with Crippen LogP contribution < -0.4 is 14.8 Å². The number of hydrogen-bond donors (Lipinski definition) is 1. The summed E-state index contributed by atoms with van der Waals surface area (Å²) < 4.78 is 50.2. The maximum Gasteiger partial charge on any atom is 0.416 e. The molecule has 136 valence electrons. The zero-order chi connectivity index (χ0) is 16.4. The van der Waals surface area contributed by atoms with Crippen molar-refractivity contribution in [3.05, 3.63) is 23.8 Å². The van der Waals surface area contributed by atoms with Gasteiger partial charge >= 0.3 is 6.18 Å². The van der Waals surface area contributed by atoms with Crippen molar-refractivity contribution in [1.29, 1.82) is 0 Å². The Morgan fingerprint density at radius 2 is 1.79 bits per heavy atom. The summed E-state index contributed by atoms with van der Waals surface area (Å²) in [7, 11) is 0. The molecule has 1 N–H and O–H groups in total. The summed E-state index contributed by atoms with van der Waals surface area (Å²) >= 11 is 0. The minimum atomic E-state index is -4.38. The number of ether oxygens (including phenoxy) is 2. The molecule has 0 saturated carbocycles. The Morgan fingerprint density at radius 1 is 1.12 bits per heavy atom. The highest BCUT2D eigenvalue weighted by atomic mass is 35.5. The zero-order valence-electron chi connectivity index (χ0n) is 13.6. The van der Waals surface area contributed by atoms with Crippen molar-refractivity contribution in [3.8, 4) is 11.5 Å². The van der Waals surface area contributed by atoms with Crippen molar-refractivity contribution in [2.75, 3.05) is 6.61 Å². The van der Waals surface area contributed by atoms with Crippen LogP contribution in [-0.4, -0.2) is 24.8 Å². The summed E-state index contributed by atoms with van der Waals surface area (Å²) in [5.74, 6) is 0.602. The van der Waals surface area contributed by atoms with Crippen LogP contribution >= 0.6 is 12.4 Å². The van der Waals surface area contributed by atoms with Gasteiger partial charge in [0.15, 0.2) is 11.5 Å². The SMILES string of the molecule is CCCOc1cc(C(F)(F)F)ccc1OC1CC2CCC(C1)N2.Cl. The molecule has 2 atom stereocenters. The first-order chi connectivity index (χ1) is 11.0. The highest BCUT2D eigenvalue weighted by molar-refractivity contribution is 5.85.